The third-order valence-electron chi connectivity index (χ3n) is 5.31. The molecule has 1 saturated heterocycles. The molecule has 0 radical (unpaired) electrons. The van der Waals surface area contributed by atoms with Crippen LogP contribution in [0.5, 0.6) is 5.75 Å². The molecule has 1 amide bonds. The van der Waals surface area contributed by atoms with Crippen molar-refractivity contribution in [2.45, 2.75) is 19.8 Å². The van der Waals surface area contributed by atoms with Crippen LogP contribution < -0.4 is 4.74 Å². The highest BCUT2D eigenvalue weighted by Crippen LogP contribution is 2.33. The number of rotatable bonds is 9. The topological polar surface area (TPSA) is 84.2 Å². The van der Waals surface area contributed by atoms with E-state index in [-0.39, 0.29) is 11.7 Å². The first-order valence-corrected chi connectivity index (χ1v) is 10.6. The molecular formula is C25H26FN3O4. The van der Waals surface area contributed by atoms with Crippen LogP contribution in [0, 0.1) is 18.3 Å². The Bertz CT molecular complexity index is 1120. The summed E-state index contributed by atoms with van der Waals surface area (Å²) < 4.78 is 25.0. The lowest BCUT2D eigenvalue weighted by molar-refractivity contribution is 0.158. The van der Waals surface area contributed by atoms with Gasteiger partial charge in [0.1, 0.15) is 19.5 Å². The highest BCUT2D eigenvalue weighted by Gasteiger charge is 2.21. The number of cyclic esters (lactones) is 1. The van der Waals surface area contributed by atoms with Gasteiger partial charge in [0.2, 0.25) is 0 Å². The maximum absolute atomic E-state index is 14.7. The minimum absolute atomic E-state index is 0.177. The van der Waals surface area contributed by atoms with E-state index < -0.39 is 5.97 Å². The minimum atomic E-state index is -0.794. The molecule has 0 N–H and O–H groups in total. The summed E-state index contributed by atoms with van der Waals surface area (Å²) in [5, 5.41) is 12.8. The summed E-state index contributed by atoms with van der Waals surface area (Å²) >= 11 is 0. The minimum Gasteiger partial charge on any atom is -0.496 e. The maximum atomic E-state index is 14.7. The van der Waals surface area contributed by atoms with E-state index >= 15 is 0 Å². The number of benzene rings is 2. The predicted octanol–water partition coefficient (Wildman–Crippen LogP) is 4.82. The Kier molecular flexibility index (Phi) is 8.03. The average molecular weight is 451 g/mol. The zero-order chi connectivity index (χ0) is 23.8. The fraction of sp³-hybridized carbons (Fsp3) is 0.320. The van der Waals surface area contributed by atoms with Gasteiger partial charge in [0, 0.05) is 6.54 Å². The number of unbranched alkanes of at least 4 members (excludes halogenated alkanes) is 1. The fourth-order valence-electron chi connectivity index (χ4n) is 3.80. The van der Waals surface area contributed by atoms with E-state index in [2.05, 4.69) is 16.1 Å². The van der Waals surface area contributed by atoms with Crippen LogP contribution in [0.1, 0.15) is 40.7 Å². The number of amides is 1. The Morgan fingerprint density at radius 2 is 2.12 bits per heavy atom. The standard InChI is InChI=1S/C25H26FN3O4/c1-17-13-20(15-22(23(17)31-2)24(26)28-32-3)21(19-8-6-7-18(14-19)16-27)9-4-5-10-29-11-12-33-25(29)30/h6-9,13-15H,4-5,10-12H2,1-3H3/b21-9-,28-24-. The van der Waals surface area contributed by atoms with Crippen molar-refractivity contribution in [1.82, 2.24) is 4.90 Å². The summed E-state index contributed by atoms with van der Waals surface area (Å²) in [6.07, 6.45) is 3.15. The summed E-state index contributed by atoms with van der Waals surface area (Å²) in [6.45, 7) is 3.43. The zero-order valence-corrected chi connectivity index (χ0v) is 18.9. The van der Waals surface area contributed by atoms with Gasteiger partial charge in [-0.3, -0.25) is 0 Å². The largest absolute Gasteiger partial charge is 0.496 e. The second kappa shape index (κ2) is 11.1. The molecule has 0 spiro atoms. The molecule has 0 unspecified atom stereocenters. The van der Waals surface area contributed by atoms with E-state index in [1.165, 1.54) is 14.2 Å². The molecule has 2 aromatic rings. The van der Waals surface area contributed by atoms with Crippen molar-refractivity contribution in [1.29, 1.82) is 5.26 Å². The number of nitriles is 1. The van der Waals surface area contributed by atoms with Gasteiger partial charge < -0.3 is 19.2 Å². The van der Waals surface area contributed by atoms with E-state index in [0.29, 0.717) is 37.4 Å². The van der Waals surface area contributed by atoms with Crippen LogP contribution in [-0.2, 0) is 9.57 Å². The van der Waals surface area contributed by atoms with Gasteiger partial charge in [-0.15, -0.1) is 0 Å². The SMILES string of the molecule is CO/N=C(\F)c1cc(/C(=C\CCCN2CCOC2=O)c2cccc(C#N)c2)cc(C)c1OC. The van der Waals surface area contributed by atoms with Gasteiger partial charge >= 0.3 is 6.09 Å². The lowest BCUT2D eigenvalue weighted by Gasteiger charge is -2.16. The summed E-state index contributed by atoms with van der Waals surface area (Å²) in [5.74, 6) is -0.424. The molecule has 0 aromatic heterocycles. The molecule has 2 aromatic carbocycles. The molecular weight excluding hydrogens is 425 g/mol. The summed E-state index contributed by atoms with van der Waals surface area (Å²) in [5.41, 5.74) is 3.85. The normalized spacial score (nSPS) is 14.2. The van der Waals surface area contributed by atoms with Crippen LogP contribution in [0.3, 0.4) is 0 Å². The first kappa shape index (κ1) is 23.8. The van der Waals surface area contributed by atoms with Crippen molar-refractivity contribution in [2.75, 3.05) is 33.9 Å². The third kappa shape index (κ3) is 5.69. The fourth-order valence-corrected chi connectivity index (χ4v) is 3.80. The van der Waals surface area contributed by atoms with Crippen molar-refractivity contribution in [3.05, 3.63) is 70.3 Å². The molecule has 1 aliphatic heterocycles. The Balaban J connectivity index is 2.00. The van der Waals surface area contributed by atoms with E-state index in [4.69, 9.17) is 9.47 Å². The first-order chi connectivity index (χ1) is 16.0. The Hall–Kier alpha value is -3.86. The second-order valence-electron chi connectivity index (χ2n) is 7.49. The van der Waals surface area contributed by atoms with E-state index in [9.17, 15) is 14.4 Å². The average Bonchev–Trinajstić information content (AvgIpc) is 3.23. The number of hydrogen-bond donors (Lipinski definition) is 0. The molecule has 3 rings (SSSR count). The van der Waals surface area contributed by atoms with Gasteiger partial charge in [-0.2, -0.15) is 9.65 Å². The Labute approximate surface area is 192 Å². The Morgan fingerprint density at radius 1 is 1.30 bits per heavy atom. The van der Waals surface area contributed by atoms with Crippen LogP contribution in [0.2, 0.25) is 0 Å². The predicted molar refractivity (Wildman–Crippen MR) is 123 cm³/mol. The van der Waals surface area contributed by atoms with Gasteiger partial charge in [-0.1, -0.05) is 23.4 Å². The van der Waals surface area contributed by atoms with E-state index in [1.54, 1.807) is 23.1 Å². The van der Waals surface area contributed by atoms with Gasteiger partial charge in [0.05, 0.1) is 30.9 Å². The molecule has 0 atom stereocenters. The van der Waals surface area contributed by atoms with Crippen LogP contribution in [0.4, 0.5) is 9.18 Å². The summed E-state index contributed by atoms with van der Waals surface area (Å²) in [4.78, 5) is 17.9. The number of aryl methyl sites for hydroxylation is 1. The first-order valence-electron chi connectivity index (χ1n) is 10.6. The summed E-state index contributed by atoms with van der Waals surface area (Å²) in [7, 11) is 2.75. The molecule has 33 heavy (non-hydrogen) atoms. The quantitative estimate of drug-likeness (QED) is 0.310. The monoisotopic (exact) mass is 451 g/mol. The number of carbonyl (C=O) groups excluding carboxylic acids is 1. The number of nitrogens with zero attached hydrogens (tertiary/aromatic N) is 3. The van der Waals surface area contributed by atoms with Gasteiger partial charge in [0.25, 0.3) is 5.97 Å². The molecule has 0 bridgehead atoms. The number of methoxy groups -OCH3 is 1. The van der Waals surface area contributed by atoms with Crippen LogP contribution in [0.15, 0.2) is 47.6 Å². The van der Waals surface area contributed by atoms with Gasteiger partial charge in [-0.05, 0) is 66.3 Å². The number of allylic oxidation sites excluding steroid dienone is 1. The summed E-state index contributed by atoms with van der Waals surface area (Å²) in [6, 6.07) is 13.0. The van der Waals surface area contributed by atoms with E-state index in [1.807, 2.05) is 31.2 Å². The Morgan fingerprint density at radius 3 is 2.79 bits per heavy atom. The second-order valence-corrected chi connectivity index (χ2v) is 7.49. The zero-order valence-electron chi connectivity index (χ0n) is 18.9. The molecule has 1 fully saturated rings. The third-order valence-corrected chi connectivity index (χ3v) is 5.31. The highest BCUT2D eigenvalue weighted by molar-refractivity contribution is 5.98. The maximum Gasteiger partial charge on any atom is 0.409 e. The highest BCUT2D eigenvalue weighted by atomic mass is 19.1. The van der Waals surface area contributed by atoms with Crippen molar-refractivity contribution >= 4 is 17.6 Å². The van der Waals surface area contributed by atoms with Crippen LogP contribution in [-0.4, -0.2) is 50.9 Å². The smallest absolute Gasteiger partial charge is 0.409 e. The molecule has 0 saturated carbocycles. The number of oxime groups is 1. The molecule has 1 heterocycles. The van der Waals surface area contributed by atoms with Gasteiger partial charge in [0.15, 0.2) is 0 Å². The molecule has 7 nitrogen and oxygen atoms in total. The van der Waals surface area contributed by atoms with E-state index in [0.717, 1.165) is 28.7 Å². The van der Waals surface area contributed by atoms with Crippen molar-refractivity contribution < 1.29 is 23.5 Å². The molecule has 1 aliphatic rings. The number of halogens is 1. The molecule has 0 aliphatic carbocycles. The van der Waals surface area contributed by atoms with Crippen molar-refractivity contribution in [3.8, 4) is 11.8 Å². The lowest BCUT2D eigenvalue weighted by atomic mass is 9.92. The van der Waals surface area contributed by atoms with Gasteiger partial charge in [-0.25, -0.2) is 4.79 Å². The number of ether oxygens (including phenoxy) is 2. The van der Waals surface area contributed by atoms with Crippen LogP contribution >= 0.6 is 0 Å². The molecule has 172 valence electrons. The van der Waals surface area contributed by atoms with Crippen molar-refractivity contribution in [2.24, 2.45) is 5.16 Å². The van der Waals surface area contributed by atoms with Crippen molar-refractivity contribution in [3.63, 3.8) is 0 Å². The number of hydrogen-bond acceptors (Lipinski definition) is 6. The lowest BCUT2D eigenvalue weighted by Crippen LogP contribution is -2.25. The molecule has 8 heteroatoms. The van der Waals surface area contributed by atoms with Crippen LogP contribution in [0.25, 0.3) is 5.57 Å². The number of carbonyl (C=O) groups is 1.